The number of halogens is 1. The minimum atomic E-state index is -0.384. The Morgan fingerprint density at radius 1 is 1.31 bits per heavy atom. The van der Waals surface area contributed by atoms with Gasteiger partial charge in [0, 0.05) is 18.7 Å². The SMILES string of the molecule is Cc1ccc(N2CCC(NC(=O)CC(C)C3CCCNC3)C2=O)cc1.Cl. The maximum Gasteiger partial charge on any atom is 0.249 e. The summed E-state index contributed by atoms with van der Waals surface area (Å²) in [5.41, 5.74) is 2.08. The molecule has 0 bridgehead atoms. The van der Waals surface area contributed by atoms with Gasteiger partial charge in [-0.3, -0.25) is 9.59 Å². The first-order valence-corrected chi connectivity index (χ1v) is 9.42. The quantitative estimate of drug-likeness (QED) is 0.826. The second kappa shape index (κ2) is 9.38. The van der Waals surface area contributed by atoms with Crippen LogP contribution in [0, 0.1) is 18.8 Å². The van der Waals surface area contributed by atoms with Crippen molar-refractivity contribution in [3.63, 3.8) is 0 Å². The molecule has 0 aromatic heterocycles. The first-order valence-electron chi connectivity index (χ1n) is 9.42. The van der Waals surface area contributed by atoms with Crippen molar-refractivity contribution < 1.29 is 9.59 Å². The fraction of sp³-hybridized carbons (Fsp3) is 0.600. The van der Waals surface area contributed by atoms with E-state index in [1.54, 1.807) is 4.90 Å². The predicted molar refractivity (Wildman–Crippen MR) is 107 cm³/mol. The van der Waals surface area contributed by atoms with E-state index in [1.165, 1.54) is 18.4 Å². The summed E-state index contributed by atoms with van der Waals surface area (Å²) >= 11 is 0. The molecular formula is C20H30ClN3O2. The number of carbonyl (C=O) groups excluding carboxylic acids is 2. The van der Waals surface area contributed by atoms with E-state index in [1.807, 2.05) is 31.2 Å². The third-order valence-electron chi connectivity index (χ3n) is 5.53. The summed E-state index contributed by atoms with van der Waals surface area (Å²) in [4.78, 5) is 26.8. The number of hydrogen-bond acceptors (Lipinski definition) is 3. The first kappa shape index (κ1) is 20.7. The van der Waals surface area contributed by atoms with Gasteiger partial charge in [-0.05, 0) is 63.2 Å². The standard InChI is InChI=1S/C20H29N3O2.ClH/c1-14-5-7-17(8-6-14)23-11-9-18(20(23)25)22-19(24)12-15(2)16-4-3-10-21-13-16;/h5-8,15-16,18,21H,3-4,9-13H2,1-2H3,(H,22,24);1H. The zero-order valence-electron chi connectivity index (χ0n) is 15.7. The van der Waals surface area contributed by atoms with E-state index in [0.29, 0.717) is 31.2 Å². The summed E-state index contributed by atoms with van der Waals surface area (Å²) in [5.74, 6) is 0.909. The summed E-state index contributed by atoms with van der Waals surface area (Å²) in [7, 11) is 0. The van der Waals surface area contributed by atoms with Crippen molar-refractivity contribution in [3.05, 3.63) is 29.8 Å². The Balaban J connectivity index is 0.00000243. The number of aryl methyl sites for hydroxylation is 1. The van der Waals surface area contributed by atoms with Crippen LogP contribution < -0.4 is 15.5 Å². The molecule has 3 unspecified atom stereocenters. The third kappa shape index (κ3) is 4.98. The second-order valence-corrected chi connectivity index (χ2v) is 7.52. The lowest BCUT2D eigenvalue weighted by Gasteiger charge is -2.28. The van der Waals surface area contributed by atoms with E-state index in [4.69, 9.17) is 0 Å². The molecule has 3 rings (SSSR count). The Bertz CT molecular complexity index is 614. The van der Waals surface area contributed by atoms with Gasteiger partial charge in [-0.2, -0.15) is 0 Å². The van der Waals surface area contributed by atoms with E-state index in [2.05, 4.69) is 17.6 Å². The van der Waals surface area contributed by atoms with E-state index in [9.17, 15) is 9.59 Å². The third-order valence-corrected chi connectivity index (χ3v) is 5.53. The lowest BCUT2D eigenvalue weighted by molar-refractivity contribution is -0.127. The van der Waals surface area contributed by atoms with Gasteiger partial charge in [-0.25, -0.2) is 0 Å². The van der Waals surface area contributed by atoms with E-state index < -0.39 is 0 Å². The molecule has 0 radical (unpaired) electrons. The summed E-state index contributed by atoms with van der Waals surface area (Å²) in [6, 6.07) is 7.57. The van der Waals surface area contributed by atoms with Crippen LogP contribution in [-0.2, 0) is 9.59 Å². The summed E-state index contributed by atoms with van der Waals surface area (Å²) in [5, 5.41) is 6.36. The number of carbonyl (C=O) groups is 2. The molecule has 2 amide bonds. The highest BCUT2D eigenvalue weighted by Crippen LogP contribution is 2.24. The molecule has 2 heterocycles. The molecule has 2 aliphatic heterocycles. The molecule has 6 heteroatoms. The van der Waals surface area contributed by atoms with E-state index in [0.717, 1.165) is 18.8 Å². The van der Waals surface area contributed by atoms with Gasteiger partial charge in [0.1, 0.15) is 6.04 Å². The Labute approximate surface area is 162 Å². The number of piperidine rings is 1. The number of rotatable bonds is 5. The summed E-state index contributed by atoms with van der Waals surface area (Å²) in [6.45, 7) is 6.92. The minimum Gasteiger partial charge on any atom is -0.344 e. The lowest BCUT2D eigenvalue weighted by atomic mass is 9.85. The fourth-order valence-corrected chi connectivity index (χ4v) is 3.87. The van der Waals surface area contributed by atoms with Gasteiger partial charge in [0.25, 0.3) is 0 Å². The highest BCUT2D eigenvalue weighted by molar-refractivity contribution is 6.01. The number of amides is 2. The van der Waals surface area contributed by atoms with Crippen LogP contribution in [0.5, 0.6) is 0 Å². The summed E-state index contributed by atoms with van der Waals surface area (Å²) in [6.07, 6.45) is 3.55. The molecule has 2 N–H and O–H groups in total. The molecule has 2 saturated heterocycles. The Morgan fingerprint density at radius 3 is 2.69 bits per heavy atom. The van der Waals surface area contributed by atoms with Crippen molar-refractivity contribution in [2.45, 2.75) is 45.6 Å². The minimum absolute atomic E-state index is 0. The van der Waals surface area contributed by atoms with Gasteiger partial charge in [-0.15, -0.1) is 12.4 Å². The van der Waals surface area contributed by atoms with Crippen LogP contribution in [-0.4, -0.2) is 37.5 Å². The van der Waals surface area contributed by atoms with Crippen LogP contribution in [0.4, 0.5) is 5.69 Å². The molecule has 144 valence electrons. The topological polar surface area (TPSA) is 61.4 Å². The number of nitrogens with one attached hydrogen (secondary N) is 2. The van der Waals surface area contributed by atoms with Crippen molar-refractivity contribution in [2.75, 3.05) is 24.5 Å². The van der Waals surface area contributed by atoms with Crippen molar-refractivity contribution in [1.29, 1.82) is 0 Å². The van der Waals surface area contributed by atoms with E-state index >= 15 is 0 Å². The molecule has 1 aromatic rings. The van der Waals surface area contributed by atoms with Crippen molar-refractivity contribution in [2.24, 2.45) is 11.8 Å². The molecule has 3 atom stereocenters. The highest BCUT2D eigenvalue weighted by Gasteiger charge is 2.34. The Kier molecular flexibility index (Phi) is 7.47. The molecular weight excluding hydrogens is 350 g/mol. The molecule has 2 fully saturated rings. The van der Waals surface area contributed by atoms with Gasteiger partial charge < -0.3 is 15.5 Å². The average Bonchev–Trinajstić information content (AvgIpc) is 2.97. The molecule has 0 aliphatic carbocycles. The van der Waals surface area contributed by atoms with Gasteiger partial charge >= 0.3 is 0 Å². The van der Waals surface area contributed by atoms with Gasteiger partial charge in [0.2, 0.25) is 11.8 Å². The molecule has 0 spiro atoms. The number of nitrogens with zero attached hydrogens (tertiary/aromatic N) is 1. The molecule has 26 heavy (non-hydrogen) atoms. The van der Waals surface area contributed by atoms with Crippen LogP contribution in [0.2, 0.25) is 0 Å². The fourth-order valence-electron chi connectivity index (χ4n) is 3.87. The van der Waals surface area contributed by atoms with Gasteiger partial charge in [0.05, 0.1) is 0 Å². The second-order valence-electron chi connectivity index (χ2n) is 7.52. The highest BCUT2D eigenvalue weighted by atomic mass is 35.5. The molecule has 5 nitrogen and oxygen atoms in total. The predicted octanol–water partition coefficient (Wildman–Crippen LogP) is 2.66. The smallest absolute Gasteiger partial charge is 0.249 e. The molecule has 2 aliphatic rings. The Morgan fingerprint density at radius 2 is 2.04 bits per heavy atom. The van der Waals surface area contributed by atoms with Gasteiger partial charge in [-0.1, -0.05) is 24.6 Å². The van der Waals surface area contributed by atoms with Crippen LogP contribution in [0.1, 0.15) is 38.2 Å². The van der Waals surface area contributed by atoms with E-state index in [-0.39, 0.29) is 30.3 Å². The maximum absolute atomic E-state index is 12.6. The van der Waals surface area contributed by atoms with Gasteiger partial charge in [0.15, 0.2) is 0 Å². The monoisotopic (exact) mass is 379 g/mol. The van der Waals surface area contributed by atoms with Crippen molar-refractivity contribution in [3.8, 4) is 0 Å². The normalized spacial score (nSPS) is 24.1. The van der Waals surface area contributed by atoms with Crippen molar-refractivity contribution in [1.82, 2.24) is 10.6 Å². The largest absolute Gasteiger partial charge is 0.344 e. The number of anilines is 1. The summed E-state index contributed by atoms with van der Waals surface area (Å²) < 4.78 is 0. The lowest BCUT2D eigenvalue weighted by Crippen LogP contribution is -2.43. The maximum atomic E-state index is 12.6. The van der Waals surface area contributed by atoms with Crippen molar-refractivity contribution >= 4 is 29.9 Å². The average molecular weight is 380 g/mol. The van der Waals surface area contributed by atoms with Crippen LogP contribution in [0.25, 0.3) is 0 Å². The first-order chi connectivity index (χ1) is 12.0. The van der Waals surface area contributed by atoms with Crippen LogP contribution >= 0.6 is 12.4 Å². The molecule has 0 saturated carbocycles. The molecule has 1 aromatic carbocycles. The van der Waals surface area contributed by atoms with Crippen LogP contribution in [0.15, 0.2) is 24.3 Å². The number of hydrogen-bond donors (Lipinski definition) is 2. The van der Waals surface area contributed by atoms with Crippen LogP contribution in [0.3, 0.4) is 0 Å². The zero-order valence-corrected chi connectivity index (χ0v) is 16.5. The number of benzene rings is 1. The zero-order chi connectivity index (χ0) is 17.8. The Hall–Kier alpha value is -1.59.